The molecule has 0 spiro atoms. The van der Waals surface area contributed by atoms with Crippen LogP contribution in [-0.2, 0) is 0 Å². The SMILES string of the molecule is Cc1cc(O)cc(Oc2nc3ccccc3cc2C)c1. The van der Waals surface area contributed by atoms with Crippen molar-refractivity contribution in [3.8, 4) is 17.4 Å². The van der Waals surface area contributed by atoms with Crippen molar-refractivity contribution in [3.05, 3.63) is 59.7 Å². The highest BCUT2D eigenvalue weighted by molar-refractivity contribution is 5.80. The van der Waals surface area contributed by atoms with E-state index < -0.39 is 0 Å². The molecule has 3 nitrogen and oxygen atoms in total. The van der Waals surface area contributed by atoms with Gasteiger partial charge in [-0.05, 0) is 43.7 Å². The fourth-order valence-electron chi connectivity index (χ4n) is 2.21. The zero-order valence-electron chi connectivity index (χ0n) is 11.4. The summed E-state index contributed by atoms with van der Waals surface area (Å²) in [6, 6.07) is 15.1. The first kappa shape index (κ1) is 12.5. The zero-order valence-corrected chi connectivity index (χ0v) is 11.4. The van der Waals surface area contributed by atoms with E-state index in [9.17, 15) is 5.11 Å². The fraction of sp³-hybridized carbons (Fsp3) is 0.118. The van der Waals surface area contributed by atoms with E-state index in [1.807, 2.05) is 50.2 Å². The number of phenols is 1. The first-order valence-corrected chi connectivity index (χ1v) is 6.47. The van der Waals surface area contributed by atoms with Gasteiger partial charge in [0.15, 0.2) is 0 Å². The van der Waals surface area contributed by atoms with Crippen molar-refractivity contribution in [3.63, 3.8) is 0 Å². The topological polar surface area (TPSA) is 42.4 Å². The number of ether oxygens (including phenoxy) is 1. The maximum Gasteiger partial charge on any atom is 0.222 e. The van der Waals surface area contributed by atoms with Gasteiger partial charge >= 0.3 is 0 Å². The lowest BCUT2D eigenvalue weighted by molar-refractivity contribution is 0.444. The third kappa shape index (κ3) is 2.43. The summed E-state index contributed by atoms with van der Waals surface area (Å²) >= 11 is 0. The van der Waals surface area contributed by atoms with Gasteiger partial charge in [-0.15, -0.1) is 0 Å². The van der Waals surface area contributed by atoms with Crippen LogP contribution in [0.4, 0.5) is 0 Å². The lowest BCUT2D eigenvalue weighted by Crippen LogP contribution is -1.92. The molecule has 3 heteroatoms. The predicted molar refractivity (Wildman–Crippen MR) is 79.4 cm³/mol. The van der Waals surface area contributed by atoms with Crippen molar-refractivity contribution >= 4 is 10.9 Å². The van der Waals surface area contributed by atoms with Crippen LogP contribution in [0.5, 0.6) is 17.4 Å². The zero-order chi connectivity index (χ0) is 14.1. The number of aromatic nitrogens is 1. The van der Waals surface area contributed by atoms with Gasteiger partial charge in [0.1, 0.15) is 11.5 Å². The second-order valence-corrected chi connectivity index (χ2v) is 4.91. The van der Waals surface area contributed by atoms with Crippen molar-refractivity contribution in [2.24, 2.45) is 0 Å². The van der Waals surface area contributed by atoms with Gasteiger partial charge in [-0.2, -0.15) is 0 Å². The number of hydrogen-bond donors (Lipinski definition) is 1. The highest BCUT2D eigenvalue weighted by Crippen LogP contribution is 2.29. The summed E-state index contributed by atoms with van der Waals surface area (Å²) in [5.74, 6) is 1.35. The molecule has 100 valence electrons. The minimum Gasteiger partial charge on any atom is -0.508 e. The summed E-state index contributed by atoms with van der Waals surface area (Å²) in [5.41, 5.74) is 2.80. The summed E-state index contributed by atoms with van der Waals surface area (Å²) in [7, 11) is 0. The Morgan fingerprint density at radius 1 is 1.00 bits per heavy atom. The molecule has 0 unspecified atom stereocenters. The number of rotatable bonds is 2. The van der Waals surface area contributed by atoms with Crippen molar-refractivity contribution in [1.29, 1.82) is 0 Å². The van der Waals surface area contributed by atoms with Crippen LogP contribution in [0.2, 0.25) is 0 Å². The van der Waals surface area contributed by atoms with Crippen molar-refractivity contribution in [1.82, 2.24) is 4.98 Å². The molecule has 0 aliphatic heterocycles. The summed E-state index contributed by atoms with van der Waals surface area (Å²) in [5, 5.41) is 10.7. The van der Waals surface area contributed by atoms with E-state index >= 15 is 0 Å². The van der Waals surface area contributed by atoms with Crippen molar-refractivity contribution < 1.29 is 9.84 Å². The van der Waals surface area contributed by atoms with Gasteiger partial charge in [0.2, 0.25) is 5.88 Å². The Kier molecular flexibility index (Phi) is 3.03. The third-order valence-electron chi connectivity index (χ3n) is 3.12. The molecule has 0 amide bonds. The molecule has 0 bridgehead atoms. The van der Waals surface area contributed by atoms with E-state index in [0.717, 1.165) is 22.0 Å². The summed E-state index contributed by atoms with van der Waals surface area (Å²) in [6.45, 7) is 3.87. The molecular weight excluding hydrogens is 250 g/mol. The molecule has 1 aromatic heterocycles. The number of aromatic hydroxyl groups is 1. The second kappa shape index (κ2) is 4.85. The van der Waals surface area contributed by atoms with Crippen LogP contribution in [-0.4, -0.2) is 10.1 Å². The molecule has 0 saturated carbocycles. The summed E-state index contributed by atoms with van der Waals surface area (Å²) < 4.78 is 5.81. The van der Waals surface area contributed by atoms with Crippen LogP contribution in [0.25, 0.3) is 10.9 Å². The molecular formula is C17H15NO2. The molecule has 3 rings (SSSR count). The van der Waals surface area contributed by atoms with Gasteiger partial charge < -0.3 is 9.84 Å². The maximum atomic E-state index is 9.61. The molecule has 1 N–H and O–H groups in total. The molecule has 0 radical (unpaired) electrons. The van der Waals surface area contributed by atoms with Gasteiger partial charge in [-0.1, -0.05) is 18.2 Å². The Morgan fingerprint density at radius 3 is 2.60 bits per heavy atom. The number of hydrogen-bond acceptors (Lipinski definition) is 3. The Bertz CT molecular complexity index is 761. The quantitative estimate of drug-likeness (QED) is 0.749. The molecule has 3 aromatic rings. The minimum absolute atomic E-state index is 0.193. The molecule has 0 fully saturated rings. The van der Waals surface area contributed by atoms with Crippen molar-refractivity contribution in [2.75, 3.05) is 0 Å². The standard InChI is InChI=1S/C17H15NO2/c1-11-7-14(19)10-15(8-11)20-17-12(2)9-13-5-3-4-6-16(13)18-17/h3-10,19H,1-2H3. The Morgan fingerprint density at radius 2 is 1.80 bits per heavy atom. The normalized spacial score (nSPS) is 10.7. The average Bonchev–Trinajstić information content (AvgIpc) is 2.38. The molecule has 20 heavy (non-hydrogen) atoms. The van der Waals surface area contributed by atoms with E-state index in [2.05, 4.69) is 4.98 Å². The van der Waals surface area contributed by atoms with Crippen LogP contribution < -0.4 is 4.74 Å². The first-order valence-electron chi connectivity index (χ1n) is 6.47. The number of nitrogens with zero attached hydrogens (tertiary/aromatic N) is 1. The fourth-order valence-corrected chi connectivity index (χ4v) is 2.21. The predicted octanol–water partition coefficient (Wildman–Crippen LogP) is 4.35. The molecule has 0 aliphatic rings. The second-order valence-electron chi connectivity index (χ2n) is 4.91. The highest BCUT2D eigenvalue weighted by Gasteiger charge is 2.07. The number of phenolic OH excluding ortho intramolecular Hbond substituents is 1. The van der Waals surface area contributed by atoms with E-state index in [1.54, 1.807) is 12.1 Å². The van der Waals surface area contributed by atoms with Crippen LogP contribution in [0.15, 0.2) is 48.5 Å². The Balaban J connectivity index is 2.03. The van der Waals surface area contributed by atoms with Crippen LogP contribution in [0.1, 0.15) is 11.1 Å². The molecule has 0 atom stereocenters. The molecule has 0 saturated heterocycles. The van der Waals surface area contributed by atoms with E-state index in [1.165, 1.54) is 0 Å². The first-order chi connectivity index (χ1) is 9.61. The number of para-hydroxylation sites is 1. The highest BCUT2D eigenvalue weighted by atomic mass is 16.5. The Hall–Kier alpha value is -2.55. The number of fused-ring (bicyclic) bond motifs is 1. The monoisotopic (exact) mass is 265 g/mol. The molecule has 2 aromatic carbocycles. The third-order valence-corrected chi connectivity index (χ3v) is 3.12. The number of aryl methyl sites for hydroxylation is 2. The number of benzene rings is 2. The van der Waals surface area contributed by atoms with Gasteiger partial charge in [-0.3, -0.25) is 0 Å². The van der Waals surface area contributed by atoms with E-state index in [4.69, 9.17) is 4.74 Å². The smallest absolute Gasteiger partial charge is 0.222 e. The van der Waals surface area contributed by atoms with Crippen molar-refractivity contribution in [2.45, 2.75) is 13.8 Å². The van der Waals surface area contributed by atoms with Gasteiger partial charge in [0, 0.05) is 17.0 Å². The van der Waals surface area contributed by atoms with Crippen LogP contribution in [0.3, 0.4) is 0 Å². The largest absolute Gasteiger partial charge is 0.508 e. The summed E-state index contributed by atoms with van der Waals surface area (Å²) in [4.78, 5) is 4.53. The van der Waals surface area contributed by atoms with Gasteiger partial charge in [0.05, 0.1) is 5.52 Å². The molecule has 1 heterocycles. The van der Waals surface area contributed by atoms with E-state index in [0.29, 0.717) is 11.6 Å². The van der Waals surface area contributed by atoms with Crippen LogP contribution >= 0.6 is 0 Å². The number of pyridine rings is 1. The van der Waals surface area contributed by atoms with E-state index in [-0.39, 0.29) is 5.75 Å². The lowest BCUT2D eigenvalue weighted by Gasteiger charge is -2.10. The van der Waals surface area contributed by atoms with Gasteiger partial charge in [-0.25, -0.2) is 4.98 Å². The minimum atomic E-state index is 0.193. The maximum absolute atomic E-state index is 9.61. The summed E-state index contributed by atoms with van der Waals surface area (Å²) in [6.07, 6.45) is 0. The van der Waals surface area contributed by atoms with Crippen LogP contribution in [0, 0.1) is 13.8 Å². The Labute approximate surface area is 117 Å². The average molecular weight is 265 g/mol. The lowest BCUT2D eigenvalue weighted by atomic mass is 10.1. The van der Waals surface area contributed by atoms with Gasteiger partial charge in [0.25, 0.3) is 0 Å². The molecule has 0 aliphatic carbocycles.